The van der Waals surface area contributed by atoms with Crippen molar-refractivity contribution in [2.75, 3.05) is 20.8 Å². The molecule has 0 aliphatic rings. The maximum atomic E-state index is 5.65. The van der Waals surface area contributed by atoms with E-state index < -0.39 is 0 Å². The molecular weight excluding hydrogens is 334 g/mol. The van der Waals surface area contributed by atoms with Gasteiger partial charge in [-0.3, -0.25) is 0 Å². The Hall–Kier alpha value is -1.46. The molecule has 1 unspecified atom stereocenters. The van der Waals surface area contributed by atoms with Crippen molar-refractivity contribution in [3.8, 4) is 11.5 Å². The van der Waals surface area contributed by atoms with Crippen molar-refractivity contribution >= 4 is 15.9 Å². The molecule has 114 valence electrons. The molecular formula is C16H20BrNO3. The molecule has 5 heteroatoms. The Labute approximate surface area is 133 Å². The lowest BCUT2D eigenvalue weighted by atomic mass is 10.0. The summed E-state index contributed by atoms with van der Waals surface area (Å²) < 4.78 is 17.5. The van der Waals surface area contributed by atoms with E-state index in [1.54, 1.807) is 20.5 Å². The number of benzene rings is 1. The van der Waals surface area contributed by atoms with Crippen LogP contribution < -0.4 is 14.8 Å². The molecule has 0 bridgehead atoms. The average molecular weight is 354 g/mol. The molecule has 4 nitrogen and oxygen atoms in total. The van der Waals surface area contributed by atoms with Crippen molar-refractivity contribution in [1.29, 1.82) is 0 Å². The van der Waals surface area contributed by atoms with Crippen molar-refractivity contribution in [3.63, 3.8) is 0 Å². The molecule has 1 N–H and O–H groups in total. The molecule has 0 saturated carbocycles. The summed E-state index contributed by atoms with van der Waals surface area (Å²) in [6.07, 6.45) is 2.70. The normalized spacial score (nSPS) is 12.2. The van der Waals surface area contributed by atoms with Gasteiger partial charge in [-0.2, -0.15) is 0 Å². The van der Waals surface area contributed by atoms with Crippen LogP contribution in [0.25, 0.3) is 0 Å². The summed E-state index contributed by atoms with van der Waals surface area (Å²) in [7, 11) is 3.29. The summed E-state index contributed by atoms with van der Waals surface area (Å²) in [6, 6.07) is 7.65. The Bertz CT molecular complexity index is 583. The van der Waals surface area contributed by atoms with Gasteiger partial charge >= 0.3 is 0 Å². The number of hydrogen-bond donors (Lipinski definition) is 1. The monoisotopic (exact) mass is 353 g/mol. The molecule has 1 aromatic carbocycles. The minimum absolute atomic E-state index is 0.0978. The van der Waals surface area contributed by atoms with Crippen LogP contribution in [-0.4, -0.2) is 20.8 Å². The third-order valence-corrected chi connectivity index (χ3v) is 3.90. The Morgan fingerprint density at radius 1 is 1.24 bits per heavy atom. The number of nitrogens with one attached hydrogen (secondary N) is 1. The molecule has 0 aliphatic heterocycles. The Morgan fingerprint density at radius 3 is 2.62 bits per heavy atom. The van der Waals surface area contributed by atoms with Gasteiger partial charge in [0.1, 0.15) is 5.76 Å². The fraction of sp³-hybridized carbons (Fsp3) is 0.375. The van der Waals surface area contributed by atoms with Gasteiger partial charge in [-0.05, 0) is 41.0 Å². The van der Waals surface area contributed by atoms with Crippen LogP contribution in [0.3, 0.4) is 0 Å². The molecule has 1 aromatic heterocycles. The van der Waals surface area contributed by atoms with Gasteiger partial charge in [0.05, 0.1) is 31.0 Å². The zero-order valence-electron chi connectivity index (χ0n) is 12.5. The van der Waals surface area contributed by atoms with Gasteiger partial charge in [-0.1, -0.05) is 19.1 Å². The number of hydrogen-bond acceptors (Lipinski definition) is 4. The van der Waals surface area contributed by atoms with Gasteiger partial charge in [0, 0.05) is 5.56 Å². The van der Waals surface area contributed by atoms with E-state index in [9.17, 15) is 0 Å². The number of halogens is 1. The van der Waals surface area contributed by atoms with E-state index in [0.29, 0.717) is 5.75 Å². The lowest BCUT2D eigenvalue weighted by Crippen LogP contribution is -2.23. The maximum absolute atomic E-state index is 5.65. The number of para-hydroxylation sites is 1. The minimum atomic E-state index is -0.0978. The molecule has 1 heterocycles. The third-order valence-electron chi connectivity index (χ3n) is 3.25. The quantitative estimate of drug-likeness (QED) is 0.811. The highest BCUT2D eigenvalue weighted by Gasteiger charge is 2.24. The summed E-state index contributed by atoms with van der Waals surface area (Å²) in [4.78, 5) is 0. The molecule has 2 rings (SSSR count). The molecule has 0 fully saturated rings. The van der Waals surface area contributed by atoms with Gasteiger partial charge in [-0.15, -0.1) is 0 Å². The smallest absolute Gasteiger partial charge is 0.165 e. The lowest BCUT2D eigenvalue weighted by Gasteiger charge is -2.21. The predicted octanol–water partition coefficient (Wildman–Crippen LogP) is 4.15. The maximum Gasteiger partial charge on any atom is 0.165 e. The van der Waals surface area contributed by atoms with E-state index >= 15 is 0 Å². The molecule has 0 amide bonds. The number of furan rings is 1. The van der Waals surface area contributed by atoms with Crippen LogP contribution in [0.4, 0.5) is 0 Å². The van der Waals surface area contributed by atoms with Crippen molar-refractivity contribution in [3.05, 3.63) is 46.3 Å². The number of ether oxygens (including phenoxy) is 2. The van der Waals surface area contributed by atoms with Gasteiger partial charge in [-0.25, -0.2) is 0 Å². The van der Waals surface area contributed by atoms with Crippen molar-refractivity contribution in [2.45, 2.75) is 19.4 Å². The van der Waals surface area contributed by atoms with Gasteiger partial charge in [0.25, 0.3) is 0 Å². The second-order valence-electron chi connectivity index (χ2n) is 4.60. The lowest BCUT2D eigenvalue weighted by molar-refractivity contribution is 0.345. The van der Waals surface area contributed by atoms with Crippen LogP contribution in [0, 0.1) is 0 Å². The molecule has 2 aromatic rings. The van der Waals surface area contributed by atoms with E-state index in [4.69, 9.17) is 13.9 Å². The number of rotatable bonds is 7. The first-order chi connectivity index (χ1) is 10.2. The van der Waals surface area contributed by atoms with E-state index in [0.717, 1.165) is 34.5 Å². The zero-order chi connectivity index (χ0) is 15.2. The molecule has 0 saturated heterocycles. The van der Waals surface area contributed by atoms with Crippen LogP contribution >= 0.6 is 15.9 Å². The second-order valence-corrected chi connectivity index (χ2v) is 5.46. The Morgan fingerprint density at radius 2 is 2.05 bits per heavy atom. The Kier molecular flexibility index (Phi) is 5.70. The van der Waals surface area contributed by atoms with Crippen LogP contribution in [0.2, 0.25) is 0 Å². The van der Waals surface area contributed by atoms with E-state index in [-0.39, 0.29) is 6.04 Å². The largest absolute Gasteiger partial charge is 0.493 e. The summed E-state index contributed by atoms with van der Waals surface area (Å²) in [5.41, 5.74) is 0.987. The Balaban J connectivity index is 2.49. The summed E-state index contributed by atoms with van der Waals surface area (Å²) in [5, 5.41) is 3.50. The van der Waals surface area contributed by atoms with Crippen LogP contribution in [0.15, 0.2) is 39.4 Å². The second kappa shape index (κ2) is 7.52. The first-order valence-electron chi connectivity index (χ1n) is 6.90. The molecule has 0 spiro atoms. The minimum Gasteiger partial charge on any atom is -0.493 e. The van der Waals surface area contributed by atoms with E-state index in [1.165, 1.54) is 0 Å². The van der Waals surface area contributed by atoms with Crippen LogP contribution in [-0.2, 0) is 0 Å². The highest BCUT2D eigenvalue weighted by molar-refractivity contribution is 9.10. The molecule has 21 heavy (non-hydrogen) atoms. The topological polar surface area (TPSA) is 43.6 Å². The predicted molar refractivity (Wildman–Crippen MR) is 86.1 cm³/mol. The highest BCUT2D eigenvalue weighted by atomic mass is 79.9. The van der Waals surface area contributed by atoms with Crippen molar-refractivity contribution in [2.24, 2.45) is 0 Å². The summed E-state index contributed by atoms with van der Waals surface area (Å²) >= 11 is 3.53. The standard InChI is InChI=1S/C16H20BrNO3/c1-4-9-18-14(16-12(17)8-10-21-16)11-6-5-7-13(19-2)15(11)20-3/h5-8,10,14,18H,4,9H2,1-3H3. The molecule has 1 atom stereocenters. The van der Waals surface area contributed by atoms with Crippen LogP contribution in [0.1, 0.15) is 30.7 Å². The summed E-state index contributed by atoms with van der Waals surface area (Å²) in [6.45, 7) is 3.00. The van der Waals surface area contributed by atoms with Gasteiger partial charge in [0.15, 0.2) is 11.5 Å². The summed E-state index contributed by atoms with van der Waals surface area (Å²) in [5.74, 6) is 2.26. The average Bonchev–Trinajstić information content (AvgIpc) is 2.93. The third kappa shape index (κ3) is 3.41. The van der Waals surface area contributed by atoms with Crippen molar-refractivity contribution < 1.29 is 13.9 Å². The number of methoxy groups -OCH3 is 2. The van der Waals surface area contributed by atoms with E-state index in [2.05, 4.69) is 28.2 Å². The first kappa shape index (κ1) is 15.9. The molecule has 0 aliphatic carbocycles. The fourth-order valence-electron chi connectivity index (χ4n) is 2.28. The van der Waals surface area contributed by atoms with Gasteiger partial charge in [0.2, 0.25) is 0 Å². The van der Waals surface area contributed by atoms with Crippen molar-refractivity contribution in [1.82, 2.24) is 5.32 Å². The van der Waals surface area contributed by atoms with Gasteiger partial charge < -0.3 is 19.2 Å². The fourth-order valence-corrected chi connectivity index (χ4v) is 2.71. The zero-order valence-corrected chi connectivity index (χ0v) is 14.1. The SMILES string of the molecule is CCCNC(c1cccc(OC)c1OC)c1occc1Br. The molecule has 0 radical (unpaired) electrons. The first-order valence-corrected chi connectivity index (χ1v) is 7.69. The van der Waals surface area contributed by atoms with Crippen LogP contribution in [0.5, 0.6) is 11.5 Å². The van der Waals surface area contributed by atoms with E-state index in [1.807, 2.05) is 24.3 Å². The highest BCUT2D eigenvalue weighted by Crippen LogP contribution is 2.39.